The van der Waals surface area contributed by atoms with E-state index < -0.39 is 5.97 Å². The Bertz CT molecular complexity index is 294. The van der Waals surface area contributed by atoms with Crippen LogP contribution in [0.5, 0.6) is 0 Å². The fraction of sp³-hybridized carbons (Fsp3) is 0.800. The first-order chi connectivity index (χ1) is 7.68. The Morgan fingerprint density at radius 2 is 2.19 bits per heavy atom. The third kappa shape index (κ3) is 2.49. The third-order valence-corrected chi connectivity index (χ3v) is 4.14. The molecule has 0 radical (unpaired) electrons. The molecule has 0 spiro atoms. The fourth-order valence-electron chi connectivity index (χ4n) is 2.01. The van der Waals surface area contributed by atoms with E-state index in [9.17, 15) is 9.59 Å². The van der Waals surface area contributed by atoms with E-state index in [1.807, 2.05) is 0 Å². The van der Waals surface area contributed by atoms with Crippen molar-refractivity contribution in [3.8, 4) is 0 Å². The number of nitrogens with one attached hydrogen (secondary N) is 1. The van der Waals surface area contributed by atoms with Crippen molar-refractivity contribution in [2.75, 3.05) is 31.1 Å². The number of hydrogen-bond acceptors (Lipinski definition) is 4. The first-order valence-corrected chi connectivity index (χ1v) is 6.64. The average molecular weight is 244 g/mol. The minimum atomic E-state index is -0.822. The molecule has 0 aromatic rings. The van der Waals surface area contributed by atoms with Gasteiger partial charge in [0.05, 0.1) is 18.4 Å². The van der Waals surface area contributed by atoms with Crippen molar-refractivity contribution in [2.24, 2.45) is 5.92 Å². The predicted molar refractivity (Wildman–Crippen MR) is 61.4 cm³/mol. The molecule has 0 aromatic carbocycles. The quantitative estimate of drug-likeness (QED) is 0.708. The topological polar surface area (TPSA) is 69.6 Å². The minimum Gasteiger partial charge on any atom is -0.481 e. The van der Waals surface area contributed by atoms with Gasteiger partial charge >= 0.3 is 5.97 Å². The van der Waals surface area contributed by atoms with E-state index in [-0.39, 0.29) is 24.3 Å². The Morgan fingerprint density at radius 3 is 2.75 bits per heavy atom. The number of carbonyl (C=O) groups excluding carboxylic acids is 1. The Kier molecular flexibility index (Phi) is 3.70. The number of rotatable bonds is 3. The summed E-state index contributed by atoms with van der Waals surface area (Å²) in [4.78, 5) is 24.6. The van der Waals surface area contributed by atoms with Crippen LogP contribution in [0.4, 0.5) is 0 Å². The number of hydrogen-bond donors (Lipinski definition) is 2. The monoisotopic (exact) mass is 244 g/mol. The summed E-state index contributed by atoms with van der Waals surface area (Å²) >= 11 is 1.73. The SMILES string of the molecule is O=C(O)CC1CSCCN1C(=O)C1CNC1. The largest absolute Gasteiger partial charge is 0.481 e. The highest BCUT2D eigenvalue weighted by Gasteiger charge is 2.35. The first kappa shape index (κ1) is 11.7. The molecule has 16 heavy (non-hydrogen) atoms. The summed E-state index contributed by atoms with van der Waals surface area (Å²) < 4.78 is 0. The second-order valence-corrected chi connectivity index (χ2v) is 5.36. The van der Waals surface area contributed by atoms with E-state index in [0.717, 1.165) is 24.6 Å². The fourth-order valence-corrected chi connectivity index (χ4v) is 3.08. The van der Waals surface area contributed by atoms with Crippen molar-refractivity contribution in [1.29, 1.82) is 0 Å². The van der Waals surface area contributed by atoms with Crippen LogP contribution in [0.2, 0.25) is 0 Å². The number of aliphatic carboxylic acids is 1. The van der Waals surface area contributed by atoms with Crippen LogP contribution in [0.3, 0.4) is 0 Å². The summed E-state index contributed by atoms with van der Waals surface area (Å²) in [5, 5.41) is 11.9. The van der Waals surface area contributed by atoms with Crippen LogP contribution in [-0.4, -0.2) is 59.1 Å². The molecule has 2 rings (SSSR count). The van der Waals surface area contributed by atoms with Gasteiger partial charge in [0.2, 0.25) is 5.91 Å². The molecule has 0 saturated carbocycles. The summed E-state index contributed by atoms with van der Waals surface area (Å²) in [6.45, 7) is 2.17. The highest BCUT2D eigenvalue weighted by Crippen LogP contribution is 2.22. The average Bonchev–Trinajstić information content (AvgIpc) is 2.14. The lowest BCUT2D eigenvalue weighted by Gasteiger charge is -2.39. The maximum absolute atomic E-state index is 12.1. The van der Waals surface area contributed by atoms with E-state index in [2.05, 4.69) is 5.32 Å². The maximum atomic E-state index is 12.1. The molecular weight excluding hydrogens is 228 g/mol. The van der Waals surface area contributed by atoms with Crippen LogP contribution >= 0.6 is 11.8 Å². The van der Waals surface area contributed by atoms with Gasteiger partial charge in [0.1, 0.15) is 0 Å². The van der Waals surface area contributed by atoms with Gasteiger partial charge in [0.25, 0.3) is 0 Å². The van der Waals surface area contributed by atoms with Crippen molar-refractivity contribution in [1.82, 2.24) is 10.2 Å². The minimum absolute atomic E-state index is 0.0683. The van der Waals surface area contributed by atoms with Gasteiger partial charge in [-0.05, 0) is 0 Å². The van der Waals surface area contributed by atoms with Crippen LogP contribution in [0.25, 0.3) is 0 Å². The summed E-state index contributed by atoms with van der Waals surface area (Å²) in [5.41, 5.74) is 0. The van der Waals surface area contributed by atoms with Gasteiger partial charge in [0, 0.05) is 31.1 Å². The van der Waals surface area contributed by atoms with Crippen LogP contribution in [-0.2, 0) is 9.59 Å². The molecule has 2 aliphatic rings. The molecule has 0 aliphatic carbocycles. The third-order valence-electron chi connectivity index (χ3n) is 3.05. The Morgan fingerprint density at radius 1 is 1.44 bits per heavy atom. The van der Waals surface area contributed by atoms with E-state index in [0.29, 0.717) is 6.54 Å². The zero-order valence-electron chi connectivity index (χ0n) is 9.02. The van der Waals surface area contributed by atoms with Crippen molar-refractivity contribution >= 4 is 23.6 Å². The molecule has 2 aliphatic heterocycles. The molecule has 6 heteroatoms. The molecule has 0 aromatic heterocycles. The molecule has 90 valence electrons. The summed E-state index contributed by atoms with van der Waals surface area (Å²) in [7, 11) is 0. The molecule has 1 amide bonds. The standard InChI is InChI=1S/C10H16N2O3S/c13-9(14)3-8-6-16-2-1-12(8)10(15)7-4-11-5-7/h7-8,11H,1-6H2,(H,13,14). The molecule has 2 N–H and O–H groups in total. The van der Waals surface area contributed by atoms with Crippen molar-refractivity contribution in [3.63, 3.8) is 0 Å². The number of thioether (sulfide) groups is 1. The van der Waals surface area contributed by atoms with Gasteiger partial charge in [-0.2, -0.15) is 11.8 Å². The van der Waals surface area contributed by atoms with Crippen LogP contribution < -0.4 is 5.32 Å². The van der Waals surface area contributed by atoms with Crippen molar-refractivity contribution < 1.29 is 14.7 Å². The number of amides is 1. The molecule has 5 nitrogen and oxygen atoms in total. The van der Waals surface area contributed by atoms with Gasteiger partial charge < -0.3 is 15.3 Å². The predicted octanol–water partition coefficient (Wildman–Crippen LogP) is -0.375. The summed E-state index contributed by atoms with van der Waals surface area (Å²) in [6, 6.07) is -0.121. The van der Waals surface area contributed by atoms with E-state index in [1.165, 1.54) is 0 Å². The smallest absolute Gasteiger partial charge is 0.305 e. The first-order valence-electron chi connectivity index (χ1n) is 5.49. The Hall–Kier alpha value is -0.750. The number of carbonyl (C=O) groups is 2. The second-order valence-electron chi connectivity index (χ2n) is 4.21. The van der Waals surface area contributed by atoms with Gasteiger partial charge in [-0.25, -0.2) is 0 Å². The maximum Gasteiger partial charge on any atom is 0.305 e. The molecule has 1 unspecified atom stereocenters. The molecule has 0 bridgehead atoms. The van der Waals surface area contributed by atoms with Crippen molar-refractivity contribution in [3.05, 3.63) is 0 Å². The second kappa shape index (κ2) is 5.05. The van der Waals surface area contributed by atoms with E-state index in [4.69, 9.17) is 5.11 Å². The van der Waals surface area contributed by atoms with Gasteiger partial charge in [0.15, 0.2) is 0 Å². The summed E-state index contributed by atoms with van der Waals surface area (Å²) in [5.74, 6) is 1.04. The normalized spacial score (nSPS) is 26.2. The lowest BCUT2D eigenvalue weighted by molar-refractivity contribution is -0.142. The molecular formula is C10H16N2O3S. The number of carboxylic acids is 1. The van der Waals surface area contributed by atoms with E-state index in [1.54, 1.807) is 16.7 Å². The summed E-state index contributed by atoms with van der Waals surface area (Å²) in [6.07, 6.45) is 0.0683. The number of carboxylic acid groups (broad SMARTS) is 1. The molecule has 2 heterocycles. The highest BCUT2D eigenvalue weighted by molar-refractivity contribution is 7.99. The van der Waals surface area contributed by atoms with Gasteiger partial charge in [-0.1, -0.05) is 0 Å². The van der Waals surface area contributed by atoms with Crippen LogP contribution in [0.15, 0.2) is 0 Å². The zero-order chi connectivity index (χ0) is 11.5. The molecule has 2 saturated heterocycles. The van der Waals surface area contributed by atoms with Crippen LogP contribution in [0.1, 0.15) is 6.42 Å². The van der Waals surface area contributed by atoms with Crippen molar-refractivity contribution in [2.45, 2.75) is 12.5 Å². The molecule has 1 atom stereocenters. The Balaban J connectivity index is 1.97. The zero-order valence-corrected chi connectivity index (χ0v) is 9.83. The molecule has 2 fully saturated rings. The van der Waals surface area contributed by atoms with Gasteiger partial charge in [-0.3, -0.25) is 9.59 Å². The van der Waals surface area contributed by atoms with E-state index >= 15 is 0 Å². The Labute approximate surface area is 98.6 Å². The lowest BCUT2D eigenvalue weighted by Crippen LogP contribution is -2.56. The number of nitrogens with zero attached hydrogens (tertiary/aromatic N) is 1. The van der Waals surface area contributed by atoms with Crippen LogP contribution in [0, 0.1) is 5.92 Å². The highest BCUT2D eigenvalue weighted by atomic mass is 32.2. The van der Waals surface area contributed by atoms with Gasteiger partial charge in [-0.15, -0.1) is 0 Å². The lowest BCUT2D eigenvalue weighted by atomic mass is 10.0.